The second-order valence-corrected chi connectivity index (χ2v) is 5.43. The first-order chi connectivity index (χ1) is 10.0. The van der Waals surface area contributed by atoms with Gasteiger partial charge in [0.2, 0.25) is 5.69 Å². The maximum absolute atomic E-state index is 10.7. The molecular weight excluding hydrogens is 272 g/mol. The molecule has 7 nitrogen and oxygen atoms in total. The summed E-state index contributed by atoms with van der Waals surface area (Å²) in [5.74, 6) is 0.370. The Kier molecular flexibility index (Phi) is 4.70. The fourth-order valence-electron chi connectivity index (χ4n) is 2.60. The van der Waals surface area contributed by atoms with Crippen LogP contribution in [0.5, 0.6) is 0 Å². The predicted molar refractivity (Wildman–Crippen MR) is 76.7 cm³/mol. The molecule has 1 saturated carbocycles. The third kappa shape index (κ3) is 3.89. The van der Waals surface area contributed by atoms with Crippen LogP contribution in [-0.2, 0) is 0 Å². The number of pyridine rings is 1. The van der Waals surface area contributed by atoms with Crippen LogP contribution in [-0.4, -0.2) is 27.2 Å². The number of hydrogen-bond donors (Lipinski definition) is 2. The van der Waals surface area contributed by atoms with Gasteiger partial charge in [-0.05, 0) is 18.9 Å². The van der Waals surface area contributed by atoms with Crippen molar-refractivity contribution in [3.63, 3.8) is 0 Å². The number of aromatic nitrogens is 1. The fourth-order valence-corrected chi connectivity index (χ4v) is 2.60. The van der Waals surface area contributed by atoms with Crippen LogP contribution in [0.25, 0.3) is 0 Å². The van der Waals surface area contributed by atoms with Gasteiger partial charge < -0.3 is 10.4 Å². The predicted octanol–water partition coefficient (Wildman–Crippen LogP) is 2.36. The standard InChI is InChI=1S/C14H18N4O3/c15-9-11-12(18(20)21)5-6-13(17-11)16-10-14(19)7-3-1-2-4-8-14/h5-6,19H,1-4,7-8,10H2,(H,16,17). The average Bonchev–Trinajstić information content (AvgIpc) is 2.70. The van der Waals surface area contributed by atoms with E-state index in [0.717, 1.165) is 38.5 Å². The maximum atomic E-state index is 10.7. The highest BCUT2D eigenvalue weighted by atomic mass is 16.6. The minimum Gasteiger partial charge on any atom is -0.388 e. The van der Waals surface area contributed by atoms with Crippen LogP contribution in [0, 0.1) is 21.4 Å². The summed E-state index contributed by atoms with van der Waals surface area (Å²) in [4.78, 5) is 14.0. The number of aliphatic hydroxyl groups is 1. The summed E-state index contributed by atoms with van der Waals surface area (Å²) in [6.07, 6.45) is 5.73. The van der Waals surface area contributed by atoms with Crippen LogP contribution in [0.15, 0.2) is 12.1 Å². The van der Waals surface area contributed by atoms with Gasteiger partial charge in [-0.15, -0.1) is 0 Å². The van der Waals surface area contributed by atoms with Crippen molar-refractivity contribution in [2.24, 2.45) is 0 Å². The van der Waals surface area contributed by atoms with Crippen molar-refractivity contribution in [3.05, 3.63) is 27.9 Å². The summed E-state index contributed by atoms with van der Waals surface area (Å²) >= 11 is 0. The molecule has 1 aromatic heterocycles. The van der Waals surface area contributed by atoms with Gasteiger partial charge in [0.25, 0.3) is 0 Å². The second-order valence-electron chi connectivity index (χ2n) is 5.43. The van der Waals surface area contributed by atoms with E-state index in [1.165, 1.54) is 12.1 Å². The van der Waals surface area contributed by atoms with E-state index in [9.17, 15) is 15.2 Å². The van der Waals surface area contributed by atoms with Crippen molar-refractivity contribution in [2.75, 3.05) is 11.9 Å². The summed E-state index contributed by atoms with van der Waals surface area (Å²) in [6, 6.07) is 4.43. The monoisotopic (exact) mass is 290 g/mol. The largest absolute Gasteiger partial charge is 0.388 e. The van der Waals surface area contributed by atoms with E-state index < -0.39 is 10.5 Å². The van der Waals surface area contributed by atoms with Crippen molar-refractivity contribution in [1.82, 2.24) is 4.98 Å². The van der Waals surface area contributed by atoms with E-state index >= 15 is 0 Å². The Bertz CT molecular complexity index is 560. The molecule has 1 heterocycles. The Hall–Kier alpha value is -2.20. The Labute approximate surface area is 122 Å². The summed E-state index contributed by atoms with van der Waals surface area (Å²) < 4.78 is 0. The van der Waals surface area contributed by atoms with Crippen molar-refractivity contribution in [3.8, 4) is 6.07 Å². The zero-order chi connectivity index (χ0) is 15.3. The Morgan fingerprint density at radius 2 is 2.05 bits per heavy atom. The first-order valence-electron chi connectivity index (χ1n) is 7.06. The molecule has 7 heteroatoms. The number of nitriles is 1. The van der Waals surface area contributed by atoms with Gasteiger partial charge in [-0.1, -0.05) is 25.7 Å². The Balaban J connectivity index is 2.06. The SMILES string of the molecule is N#Cc1nc(NCC2(O)CCCCCC2)ccc1[N+](=O)[O-]. The lowest BCUT2D eigenvalue weighted by molar-refractivity contribution is -0.385. The van der Waals surface area contributed by atoms with Crippen molar-refractivity contribution < 1.29 is 10.0 Å². The topological polar surface area (TPSA) is 112 Å². The van der Waals surface area contributed by atoms with Gasteiger partial charge in [0.05, 0.1) is 10.5 Å². The van der Waals surface area contributed by atoms with Crippen LogP contribution < -0.4 is 5.32 Å². The second kappa shape index (κ2) is 6.50. The molecular formula is C14H18N4O3. The van der Waals surface area contributed by atoms with Gasteiger partial charge in [-0.3, -0.25) is 10.1 Å². The van der Waals surface area contributed by atoms with Crippen LogP contribution in [0.4, 0.5) is 11.5 Å². The third-order valence-corrected chi connectivity index (χ3v) is 3.81. The molecule has 2 rings (SSSR count). The summed E-state index contributed by atoms with van der Waals surface area (Å²) in [5, 5.41) is 33.1. The Morgan fingerprint density at radius 1 is 1.38 bits per heavy atom. The van der Waals surface area contributed by atoms with E-state index in [1.807, 2.05) is 0 Å². The van der Waals surface area contributed by atoms with E-state index in [4.69, 9.17) is 5.26 Å². The molecule has 2 N–H and O–H groups in total. The van der Waals surface area contributed by atoms with Gasteiger partial charge in [-0.25, -0.2) is 4.98 Å². The molecule has 1 aromatic rings. The lowest BCUT2D eigenvalue weighted by Crippen LogP contribution is -2.36. The molecule has 1 aliphatic carbocycles. The van der Waals surface area contributed by atoms with E-state index in [-0.39, 0.29) is 11.4 Å². The zero-order valence-corrected chi connectivity index (χ0v) is 11.7. The number of hydrogen-bond acceptors (Lipinski definition) is 6. The highest BCUT2D eigenvalue weighted by Gasteiger charge is 2.28. The molecule has 0 aliphatic heterocycles. The van der Waals surface area contributed by atoms with Crippen LogP contribution >= 0.6 is 0 Å². The zero-order valence-electron chi connectivity index (χ0n) is 11.7. The highest BCUT2D eigenvalue weighted by Crippen LogP contribution is 2.27. The number of nitrogens with one attached hydrogen (secondary N) is 1. The van der Waals surface area contributed by atoms with Gasteiger partial charge in [0.1, 0.15) is 11.9 Å². The molecule has 1 aliphatic rings. The molecule has 0 amide bonds. The van der Waals surface area contributed by atoms with Crippen molar-refractivity contribution >= 4 is 11.5 Å². The van der Waals surface area contributed by atoms with Gasteiger partial charge in [-0.2, -0.15) is 5.26 Å². The molecule has 0 radical (unpaired) electrons. The van der Waals surface area contributed by atoms with Gasteiger partial charge in [0, 0.05) is 12.6 Å². The van der Waals surface area contributed by atoms with Gasteiger partial charge in [0.15, 0.2) is 0 Å². The highest BCUT2D eigenvalue weighted by molar-refractivity contribution is 5.50. The minimum absolute atomic E-state index is 0.224. The first kappa shape index (κ1) is 15.2. The molecule has 0 spiro atoms. The number of anilines is 1. The molecule has 0 unspecified atom stereocenters. The lowest BCUT2D eigenvalue weighted by Gasteiger charge is -2.27. The Morgan fingerprint density at radius 3 is 2.62 bits per heavy atom. The van der Waals surface area contributed by atoms with Gasteiger partial charge >= 0.3 is 5.69 Å². The molecule has 0 aromatic carbocycles. The summed E-state index contributed by atoms with van der Waals surface area (Å²) in [7, 11) is 0. The molecule has 112 valence electrons. The van der Waals surface area contributed by atoms with E-state index in [0.29, 0.717) is 12.4 Å². The lowest BCUT2D eigenvalue weighted by atomic mass is 9.94. The third-order valence-electron chi connectivity index (χ3n) is 3.81. The molecule has 0 bridgehead atoms. The maximum Gasteiger partial charge on any atom is 0.305 e. The van der Waals surface area contributed by atoms with Crippen molar-refractivity contribution in [2.45, 2.75) is 44.1 Å². The number of nitrogens with zero attached hydrogens (tertiary/aromatic N) is 3. The quantitative estimate of drug-likeness (QED) is 0.500. The van der Waals surface area contributed by atoms with Crippen LogP contribution in [0.2, 0.25) is 0 Å². The van der Waals surface area contributed by atoms with E-state index in [2.05, 4.69) is 10.3 Å². The van der Waals surface area contributed by atoms with Crippen molar-refractivity contribution in [1.29, 1.82) is 5.26 Å². The van der Waals surface area contributed by atoms with E-state index in [1.54, 1.807) is 6.07 Å². The molecule has 1 fully saturated rings. The normalized spacial score (nSPS) is 17.5. The fraction of sp³-hybridized carbons (Fsp3) is 0.571. The minimum atomic E-state index is -0.771. The smallest absolute Gasteiger partial charge is 0.305 e. The average molecular weight is 290 g/mol. The number of nitro groups is 1. The molecule has 0 saturated heterocycles. The first-order valence-corrected chi connectivity index (χ1v) is 7.06. The van der Waals surface area contributed by atoms with Crippen LogP contribution in [0.3, 0.4) is 0 Å². The number of rotatable bonds is 4. The summed E-state index contributed by atoms with van der Waals surface area (Å²) in [5.41, 5.74) is -1.30. The van der Waals surface area contributed by atoms with Crippen LogP contribution in [0.1, 0.15) is 44.2 Å². The molecule has 21 heavy (non-hydrogen) atoms. The molecule has 0 atom stereocenters. The summed E-state index contributed by atoms with van der Waals surface area (Å²) in [6.45, 7) is 0.336.